The molecule has 1 aliphatic rings. The Bertz CT molecular complexity index is 1480. The van der Waals surface area contributed by atoms with Gasteiger partial charge < -0.3 is 14.6 Å². The number of carbonyl (C=O) groups excluding carboxylic acids is 2. The van der Waals surface area contributed by atoms with E-state index in [-0.39, 0.29) is 22.2 Å². The van der Waals surface area contributed by atoms with Crippen LogP contribution in [0.3, 0.4) is 0 Å². The van der Waals surface area contributed by atoms with E-state index in [0.29, 0.717) is 26.4 Å². The molecule has 2 aromatic carbocycles. The number of aromatic nitrogens is 2. The lowest BCUT2D eigenvalue weighted by molar-refractivity contribution is -0.117. The number of aromatic hydroxyl groups is 1. The van der Waals surface area contributed by atoms with Crippen molar-refractivity contribution in [3.63, 3.8) is 0 Å². The van der Waals surface area contributed by atoms with Crippen molar-refractivity contribution in [1.82, 2.24) is 10.2 Å². The number of furan rings is 1. The summed E-state index contributed by atoms with van der Waals surface area (Å²) >= 11 is 8.56. The first-order chi connectivity index (χ1) is 17.3. The molecule has 2 aromatic heterocycles. The van der Waals surface area contributed by atoms with E-state index in [4.69, 9.17) is 16.0 Å². The molecule has 0 saturated heterocycles. The maximum atomic E-state index is 13.3. The van der Waals surface area contributed by atoms with Gasteiger partial charge in [0.25, 0.3) is 5.91 Å². The summed E-state index contributed by atoms with van der Waals surface area (Å²) in [7, 11) is 0. The summed E-state index contributed by atoms with van der Waals surface area (Å²) in [5.41, 5.74) is 1.41. The molecule has 36 heavy (non-hydrogen) atoms. The summed E-state index contributed by atoms with van der Waals surface area (Å²) in [6, 6.07) is 15.6. The number of amides is 1. The first-order valence-corrected chi connectivity index (χ1v) is 12.9. The van der Waals surface area contributed by atoms with Gasteiger partial charge in [-0.05, 0) is 54.4 Å². The smallest absolute Gasteiger partial charge is 0.296 e. The fourth-order valence-corrected chi connectivity index (χ4v) is 5.73. The van der Waals surface area contributed by atoms with Crippen molar-refractivity contribution in [2.24, 2.45) is 0 Å². The van der Waals surface area contributed by atoms with Crippen LogP contribution in [0.25, 0.3) is 0 Å². The zero-order valence-electron chi connectivity index (χ0n) is 18.7. The zero-order valence-corrected chi connectivity index (χ0v) is 21.1. The first-order valence-electron chi connectivity index (χ1n) is 10.7. The third-order valence-electron chi connectivity index (χ3n) is 5.50. The summed E-state index contributed by atoms with van der Waals surface area (Å²) in [6.07, 6.45) is 0. The molecule has 4 aromatic rings. The Morgan fingerprint density at radius 1 is 1.08 bits per heavy atom. The molecule has 0 spiro atoms. The number of phenols is 1. The number of hydrogen-bond donors (Lipinski definition) is 2. The van der Waals surface area contributed by atoms with Gasteiger partial charge in [-0.1, -0.05) is 59.0 Å². The minimum atomic E-state index is -0.988. The number of rotatable bonds is 7. The van der Waals surface area contributed by atoms with Gasteiger partial charge in [0.15, 0.2) is 15.9 Å². The average Bonchev–Trinajstić information content (AvgIpc) is 3.58. The fraction of sp³-hybridized carbons (Fsp3) is 0.120. The van der Waals surface area contributed by atoms with Crippen LogP contribution in [0.2, 0.25) is 5.02 Å². The maximum Gasteiger partial charge on any atom is 0.296 e. The van der Waals surface area contributed by atoms with Crippen molar-refractivity contribution in [2.75, 3.05) is 4.90 Å². The molecular formula is C25H18ClN3O5S2. The number of Topliss-reactive ketones (excluding diaryl/α,β-unsaturated/α-hetero) is 1. The number of benzene rings is 2. The number of aliphatic hydroxyl groups excluding tert-OH is 1. The highest BCUT2D eigenvalue weighted by atomic mass is 35.5. The van der Waals surface area contributed by atoms with Crippen LogP contribution >= 0.6 is 34.7 Å². The van der Waals surface area contributed by atoms with Crippen molar-refractivity contribution >= 4 is 51.5 Å². The van der Waals surface area contributed by atoms with Crippen LogP contribution in [0, 0.1) is 6.92 Å². The minimum Gasteiger partial charge on any atom is -0.508 e. The van der Waals surface area contributed by atoms with E-state index in [1.165, 1.54) is 46.2 Å². The van der Waals surface area contributed by atoms with Crippen LogP contribution in [0.15, 0.2) is 80.8 Å². The van der Waals surface area contributed by atoms with E-state index >= 15 is 0 Å². The molecule has 3 heterocycles. The Morgan fingerprint density at radius 3 is 2.47 bits per heavy atom. The quantitative estimate of drug-likeness (QED) is 0.170. The van der Waals surface area contributed by atoms with Crippen LogP contribution in [0.4, 0.5) is 5.13 Å². The Labute approximate surface area is 218 Å². The van der Waals surface area contributed by atoms with Gasteiger partial charge in [-0.2, -0.15) is 0 Å². The normalized spacial score (nSPS) is 15.7. The molecule has 0 bridgehead atoms. The van der Waals surface area contributed by atoms with Gasteiger partial charge in [-0.25, -0.2) is 0 Å². The predicted octanol–water partition coefficient (Wildman–Crippen LogP) is 5.87. The number of phenolic OH excluding ortho intramolecular Hbond substituents is 1. The Kier molecular flexibility index (Phi) is 6.57. The lowest BCUT2D eigenvalue weighted by atomic mass is 9.95. The number of carbonyl (C=O) groups is 2. The number of nitrogens with zero attached hydrogens (tertiary/aromatic N) is 3. The second-order valence-electron chi connectivity index (χ2n) is 7.94. The number of anilines is 1. The lowest BCUT2D eigenvalue weighted by Crippen LogP contribution is -2.31. The third-order valence-corrected chi connectivity index (χ3v) is 7.88. The number of halogens is 1. The molecule has 5 rings (SSSR count). The van der Waals surface area contributed by atoms with E-state index in [1.807, 2.05) is 24.3 Å². The largest absolute Gasteiger partial charge is 0.508 e. The van der Waals surface area contributed by atoms with E-state index < -0.39 is 23.5 Å². The Balaban J connectivity index is 1.48. The Morgan fingerprint density at radius 2 is 1.81 bits per heavy atom. The molecular weight excluding hydrogens is 522 g/mol. The average molecular weight is 540 g/mol. The standard InChI is InChI=1S/C25H18ClN3O5S2/c1-13-2-11-18(34-13)21(31)19-20(15-5-9-17(30)10-6-15)29(23(33)22(19)32)24-27-28-25(36-24)35-12-14-3-7-16(26)8-4-14/h2-11,20,30,32H,12H2,1H3. The van der Waals surface area contributed by atoms with Gasteiger partial charge in [-0.15, -0.1) is 10.2 Å². The monoisotopic (exact) mass is 539 g/mol. The molecule has 0 aliphatic carbocycles. The highest BCUT2D eigenvalue weighted by Gasteiger charge is 2.46. The SMILES string of the molecule is Cc1ccc(C(=O)C2=C(O)C(=O)N(c3nnc(SCc4ccc(Cl)cc4)s3)C2c2ccc(O)cc2)o1. The van der Waals surface area contributed by atoms with Crippen LogP contribution < -0.4 is 4.90 Å². The van der Waals surface area contributed by atoms with Gasteiger partial charge in [0.2, 0.25) is 10.9 Å². The predicted molar refractivity (Wildman–Crippen MR) is 137 cm³/mol. The zero-order chi connectivity index (χ0) is 25.4. The highest BCUT2D eigenvalue weighted by molar-refractivity contribution is 8.00. The molecule has 0 radical (unpaired) electrons. The van der Waals surface area contributed by atoms with E-state index in [2.05, 4.69) is 10.2 Å². The van der Waals surface area contributed by atoms with Crippen molar-refractivity contribution < 1.29 is 24.2 Å². The van der Waals surface area contributed by atoms with Gasteiger partial charge in [0.05, 0.1) is 11.6 Å². The van der Waals surface area contributed by atoms with Gasteiger partial charge >= 0.3 is 0 Å². The van der Waals surface area contributed by atoms with Crippen molar-refractivity contribution in [3.8, 4) is 5.75 Å². The fourth-order valence-electron chi connectivity index (χ4n) is 3.78. The molecule has 182 valence electrons. The molecule has 1 atom stereocenters. The van der Waals surface area contributed by atoms with Gasteiger partial charge in [0.1, 0.15) is 11.5 Å². The lowest BCUT2D eigenvalue weighted by Gasteiger charge is -2.23. The molecule has 1 aliphatic heterocycles. The van der Waals surface area contributed by atoms with Gasteiger partial charge in [-0.3, -0.25) is 14.5 Å². The van der Waals surface area contributed by atoms with E-state index in [1.54, 1.807) is 25.1 Å². The summed E-state index contributed by atoms with van der Waals surface area (Å²) in [5.74, 6) is -0.906. The maximum absolute atomic E-state index is 13.3. The van der Waals surface area contributed by atoms with Crippen LogP contribution in [-0.4, -0.2) is 32.1 Å². The molecule has 0 fully saturated rings. The molecule has 11 heteroatoms. The summed E-state index contributed by atoms with van der Waals surface area (Å²) in [5, 5.41) is 29.8. The van der Waals surface area contributed by atoms with Crippen molar-refractivity contribution in [1.29, 1.82) is 0 Å². The summed E-state index contributed by atoms with van der Waals surface area (Å²) in [4.78, 5) is 27.8. The topological polar surface area (TPSA) is 117 Å². The van der Waals surface area contributed by atoms with Crippen LogP contribution in [-0.2, 0) is 10.5 Å². The number of aryl methyl sites for hydroxylation is 1. The molecule has 1 amide bonds. The minimum absolute atomic E-state index is 0.00366. The molecule has 2 N–H and O–H groups in total. The third kappa shape index (κ3) is 4.62. The number of aliphatic hydroxyl groups is 1. The van der Waals surface area contributed by atoms with Crippen molar-refractivity contribution in [2.45, 2.75) is 23.1 Å². The summed E-state index contributed by atoms with van der Waals surface area (Å²) < 4.78 is 6.08. The second kappa shape index (κ2) is 9.81. The Hall–Kier alpha value is -3.60. The number of ketones is 1. The van der Waals surface area contributed by atoms with E-state index in [0.717, 1.165) is 5.56 Å². The van der Waals surface area contributed by atoms with Crippen LogP contribution in [0.1, 0.15) is 33.5 Å². The van der Waals surface area contributed by atoms with Gasteiger partial charge in [0, 0.05) is 10.8 Å². The van der Waals surface area contributed by atoms with Crippen molar-refractivity contribution in [3.05, 3.63) is 99.7 Å². The highest BCUT2D eigenvalue weighted by Crippen LogP contribution is 2.44. The second-order valence-corrected chi connectivity index (χ2v) is 10.6. The van der Waals surface area contributed by atoms with E-state index in [9.17, 15) is 19.8 Å². The molecule has 1 unspecified atom stereocenters. The number of hydrogen-bond acceptors (Lipinski definition) is 9. The number of thioether (sulfide) groups is 1. The van der Waals surface area contributed by atoms with Crippen LogP contribution in [0.5, 0.6) is 5.75 Å². The molecule has 0 saturated carbocycles. The first kappa shape index (κ1) is 24.1. The molecule has 8 nitrogen and oxygen atoms in total. The summed E-state index contributed by atoms with van der Waals surface area (Å²) in [6.45, 7) is 1.69.